The van der Waals surface area contributed by atoms with Crippen molar-refractivity contribution in [2.24, 2.45) is 0 Å². The molecule has 1 unspecified atom stereocenters. The van der Waals surface area contributed by atoms with Crippen molar-refractivity contribution in [1.29, 1.82) is 0 Å². The number of rotatable bonds is 7. The summed E-state index contributed by atoms with van der Waals surface area (Å²) in [4.78, 5) is 20.9. The van der Waals surface area contributed by atoms with Crippen LogP contribution in [0.1, 0.15) is 37.1 Å². The topological polar surface area (TPSA) is 116 Å². The fraction of sp³-hybridized carbons (Fsp3) is 0.375. The summed E-state index contributed by atoms with van der Waals surface area (Å²) in [5.41, 5.74) is 1.98. The van der Waals surface area contributed by atoms with E-state index in [0.717, 1.165) is 48.3 Å². The van der Waals surface area contributed by atoms with Crippen LogP contribution in [-0.2, 0) is 14.8 Å². The molecule has 1 aromatic carbocycles. The molecule has 4 rings (SSSR count). The van der Waals surface area contributed by atoms with Gasteiger partial charge < -0.3 is 10.0 Å². The molecule has 12 heteroatoms. The van der Waals surface area contributed by atoms with Crippen molar-refractivity contribution >= 4 is 38.7 Å². The molecule has 3 heterocycles. The molecule has 1 aliphatic rings. The lowest BCUT2D eigenvalue weighted by Gasteiger charge is -2.40. The lowest BCUT2D eigenvalue weighted by molar-refractivity contribution is -0.122. The Labute approximate surface area is 214 Å². The highest BCUT2D eigenvalue weighted by Crippen LogP contribution is 2.34. The molecule has 0 saturated carbocycles. The number of thiazole rings is 1. The number of sulfonamides is 1. The van der Waals surface area contributed by atoms with Crippen LogP contribution in [0.2, 0.25) is 0 Å². The van der Waals surface area contributed by atoms with Gasteiger partial charge in [-0.25, -0.2) is 9.97 Å². The van der Waals surface area contributed by atoms with Crippen molar-refractivity contribution in [2.75, 3.05) is 29.8 Å². The first-order valence-electron chi connectivity index (χ1n) is 11.4. The van der Waals surface area contributed by atoms with Crippen molar-refractivity contribution in [3.63, 3.8) is 0 Å². The number of halogens is 1. The molecule has 1 fully saturated rings. The molecule has 36 heavy (non-hydrogen) atoms. The van der Waals surface area contributed by atoms with Gasteiger partial charge in [-0.2, -0.15) is 12.8 Å². The largest absolute Gasteiger partial charge is 0.483 e. The number of piperidine rings is 1. The normalized spacial score (nSPS) is 15.4. The van der Waals surface area contributed by atoms with Crippen molar-refractivity contribution < 1.29 is 22.7 Å². The highest BCUT2D eigenvalue weighted by atomic mass is 32.2. The SMILES string of the molecule is Cc1nc(S(=O)(=O)Nc2cccc(F)n2)sc1N(C)C1CCN(C(C)c2ccccc2)CC1.O=CO. The third-order valence-corrected chi connectivity index (χ3v) is 9.11. The van der Waals surface area contributed by atoms with Gasteiger partial charge in [0, 0.05) is 32.2 Å². The fourth-order valence-electron chi connectivity index (χ4n) is 4.22. The summed E-state index contributed by atoms with van der Waals surface area (Å²) in [5.74, 6) is -0.823. The van der Waals surface area contributed by atoms with Gasteiger partial charge in [-0.1, -0.05) is 47.7 Å². The molecule has 1 atom stereocenters. The number of nitrogens with zero attached hydrogens (tertiary/aromatic N) is 4. The molecular formula is C24H30FN5O4S2. The van der Waals surface area contributed by atoms with Crippen LogP contribution >= 0.6 is 11.3 Å². The maximum atomic E-state index is 13.3. The standard InChI is InChI=1S/C23H28FN5O2S2.CH2O2/c1-16-22(32-23(25-16)33(30,31)27-21-11-7-10-20(24)26-21)28(3)19-12-14-29(15-13-19)17(2)18-8-5-4-6-9-18;2-1-3/h4-11,17,19H,12-15H2,1-3H3,(H,26,27);1H,(H,2,3). The van der Waals surface area contributed by atoms with Crippen molar-refractivity contribution in [1.82, 2.24) is 14.9 Å². The summed E-state index contributed by atoms with van der Waals surface area (Å²) in [7, 11) is -1.95. The third-order valence-electron chi connectivity index (χ3n) is 6.13. The summed E-state index contributed by atoms with van der Waals surface area (Å²) >= 11 is 1.12. The number of hydrogen-bond donors (Lipinski definition) is 2. The number of aromatic nitrogens is 2. The first kappa shape index (κ1) is 27.5. The van der Waals surface area contributed by atoms with Crippen LogP contribution < -0.4 is 9.62 Å². The number of carboxylic acid groups (broad SMARTS) is 1. The van der Waals surface area contributed by atoms with Crippen LogP contribution in [0.15, 0.2) is 52.9 Å². The summed E-state index contributed by atoms with van der Waals surface area (Å²) in [6.45, 7) is 5.75. The van der Waals surface area contributed by atoms with Gasteiger partial charge in [-0.15, -0.1) is 0 Å². The van der Waals surface area contributed by atoms with Gasteiger partial charge in [0.25, 0.3) is 16.5 Å². The van der Waals surface area contributed by atoms with Gasteiger partial charge in [0.05, 0.1) is 5.69 Å². The average molecular weight is 536 g/mol. The minimum atomic E-state index is -3.95. The van der Waals surface area contributed by atoms with Crippen molar-refractivity contribution in [2.45, 2.75) is 43.1 Å². The second kappa shape index (κ2) is 12.2. The van der Waals surface area contributed by atoms with E-state index in [1.165, 1.54) is 17.7 Å². The van der Waals surface area contributed by atoms with E-state index in [-0.39, 0.29) is 16.6 Å². The number of hydrogen-bond acceptors (Lipinski definition) is 8. The zero-order chi connectivity index (χ0) is 26.3. The number of anilines is 2. The minimum Gasteiger partial charge on any atom is -0.483 e. The summed E-state index contributed by atoms with van der Waals surface area (Å²) < 4.78 is 41.1. The van der Waals surface area contributed by atoms with Crippen LogP contribution in [0.3, 0.4) is 0 Å². The number of carbonyl (C=O) groups is 1. The van der Waals surface area contributed by atoms with Gasteiger partial charge in [-0.3, -0.25) is 14.4 Å². The van der Waals surface area contributed by atoms with E-state index in [0.29, 0.717) is 17.8 Å². The van der Waals surface area contributed by atoms with Gasteiger partial charge >= 0.3 is 0 Å². The van der Waals surface area contributed by atoms with Crippen molar-refractivity contribution in [3.05, 3.63) is 65.7 Å². The van der Waals surface area contributed by atoms with Gasteiger partial charge in [-0.05, 0) is 44.4 Å². The molecule has 9 nitrogen and oxygen atoms in total. The lowest BCUT2D eigenvalue weighted by Crippen LogP contribution is -2.44. The quantitative estimate of drug-likeness (QED) is 0.343. The Hall–Kier alpha value is -3.09. The van der Waals surface area contributed by atoms with Gasteiger partial charge in [0.1, 0.15) is 10.8 Å². The number of pyridine rings is 1. The number of nitrogens with one attached hydrogen (secondary N) is 1. The molecule has 0 radical (unpaired) electrons. The molecule has 1 aliphatic heterocycles. The molecule has 0 bridgehead atoms. The van der Waals surface area contributed by atoms with Crippen LogP contribution in [0, 0.1) is 12.9 Å². The second-order valence-corrected chi connectivity index (χ2v) is 11.2. The summed E-state index contributed by atoms with van der Waals surface area (Å²) in [6, 6.07) is 15.1. The Kier molecular flexibility index (Phi) is 9.35. The number of benzene rings is 1. The third kappa shape index (κ3) is 6.77. The van der Waals surface area contributed by atoms with E-state index in [2.05, 4.69) is 55.7 Å². The molecule has 2 aromatic heterocycles. The smallest absolute Gasteiger partial charge is 0.290 e. The van der Waals surface area contributed by atoms with Crippen LogP contribution in [0.25, 0.3) is 0 Å². The van der Waals surface area contributed by atoms with E-state index in [4.69, 9.17) is 9.90 Å². The van der Waals surface area contributed by atoms with Crippen LogP contribution in [0.5, 0.6) is 0 Å². The highest BCUT2D eigenvalue weighted by Gasteiger charge is 2.29. The molecule has 3 aromatic rings. The van der Waals surface area contributed by atoms with Gasteiger partial charge in [0.2, 0.25) is 10.3 Å². The van der Waals surface area contributed by atoms with E-state index >= 15 is 0 Å². The monoisotopic (exact) mass is 535 g/mol. The summed E-state index contributed by atoms with van der Waals surface area (Å²) in [6.07, 6.45) is 1.97. The predicted molar refractivity (Wildman–Crippen MR) is 138 cm³/mol. The molecular weight excluding hydrogens is 505 g/mol. The number of aryl methyl sites for hydroxylation is 1. The Morgan fingerprint density at radius 2 is 1.81 bits per heavy atom. The fourth-order valence-corrected chi connectivity index (χ4v) is 6.59. The molecule has 0 amide bonds. The highest BCUT2D eigenvalue weighted by molar-refractivity contribution is 7.94. The van der Waals surface area contributed by atoms with Crippen LogP contribution in [-0.4, -0.2) is 61.0 Å². The molecule has 194 valence electrons. The second-order valence-electron chi connectivity index (χ2n) is 8.39. The van der Waals surface area contributed by atoms with E-state index in [1.54, 1.807) is 0 Å². The Morgan fingerprint density at radius 3 is 2.42 bits per heavy atom. The first-order valence-corrected chi connectivity index (χ1v) is 13.7. The number of likely N-dealkylation sites (tertiary alicyclic amines) is 1. The maximum absolute atomic E-state index is 13.3. The summed E-state index contributed by atoms with van der Waals surface area (Å²) in [5, 5.41) is 7.72. The zero-order valence-electron chi connectivity index (χ0n) is 20.3. The average Bonchev–Trinajstić information content (AvgIpc) is 3.26. The predicted octanol–water partition coefficient (Wildman–Crippen LogP) is 4.15. The molecule has 2 N–H and O–H groups in total. The minimum absolute atomic E-state index is 0.0527. The zero-order valence-corrected chi connectivity index (χ0v) is 22.0. The molecule has 0 spiro atoms. The van der Waals surface area contributed by atoms with E-state index < -0.39 is 16.0 Å². The Morgan fingerprint density at radius 1 is 1.17 bits per heavy atom. The van der Waals surface area contributed by atoms with E-state index in [9.17, 15) is 12.8 Å². The van der Waals surface area contributed by atoms with Crippen LogP contribution in [0.4, 0.5) is 15.2 Å². The van der Waals surface area contributed by atoms with Crippen molar-refractivity contribution in [3.8, 4) is 0 Å². The Bertz CT molecular complexity index is 1250. The van der Waals surface area contributed by atoms with E-state index in [1.807, 2.05) is 20.0 Å². The maximum Gasteiger partial charge on any atom is 0.290 e. The molecule has 1 saturated heterocycles. The first-order chi connectivity index (χ1) is 17.2. The molecule has 0 aliphatic carbocycles. The van der Waals surface area contributed by atoms with Gasteiger partial charge in [0.15, 0.2) is 0 Å². The lowest BCUT2D eigenvalue weighted by atomic mass is 9.99. The Balaban J connectivity index is 0.00000115.